The monoisotopic (exact) mass is 293 g/mol. The Morgan fingerprint density at radius 3 is 2.47 bits per heavy atom. The molecule has 1 aliphatic heterocycles. The van der Waals surface area contributed by atoms with Crippen molar-refractivity contribution in [1.82, 2.24) is 9.97 Å². The molecule has 3 nitrogen and oxygen atoms in total. The number of rotatable bonds is 2. The Kier molecular flexibility index (Phi) is 4.18. The Morgan fingerprint density at radius 2 is 1.95 bits per heavy atom. The van der Waals surface area contributed by atoms with Crippen molar-refractivity contribution < 1.29 is 13.2 Å². The molecule has 106 valence electrons. The predicted molar refractivity (Wildman–Crippen MR) is 67.3 cm³/mol. The van der Waals surface area contributed by atoms with Gasteiger partial charge in [-0.05, 0) is 30.4 Å². The Bertz CT molecular complexity index is 442. The van der Waals surface area contributed by atoms with Crippen LogP contribution in [0.1, 0.15) is 31.9 Å². The highest BCUT2D eigenvalue weighted by atomic mass is 35.5. The third kappa shape index (κ3) is 3.49. The van der Waals surface area contributed by atoms with Crippen molar-refractivity contribution in [3.63, 3.8) is 0 Å². The zero-order valence-electron chi connectivity index (χ0n) is 10.5. The third-order valence-electron chi connectivity index (χ3n) is 3.49. The van der Waals surface area contributed by atoms with Crippen molar-refractivity contribution in [2.45, 2.75) is 32.4 Å². The third-order valence-corrected chi connectivity index (χ3v) is 3.66. The van der Waals surface area contributed by atoms with E-state index in [0.29, 0.717) is 19.0 Å². The van der Waals surface area contributed by atoms with E-state index in [4.69, 9.17) is 11.6 Å². The molecular weight excluding hydrogens is 279 g/mol. The minimum atomic E-state index is -4.50. The molecule has 1 fully saturated rings. The molecule has 1 aliphatic rings. The molecule has 0 aromatic carbocycles. The molecule has 0 atom stereocenters. The van der Waals surface area contributed by atoms with Gasteiger partial charge < -0.3 is 4.90 Å². The molecule has 7 heteroatoms. The number of halogens is 4. The van der Waals surface area contributed by atoms with Gasteiger partial charge in [-0.25, -0.2) is 9.97 Å². The molecule has 0 spiro atoms. The van der Waals surface area contributed by atoms with Crippen molar-refractivity contribution >= 4 is 17.4 Å². The van der Waals surface area contributed by atoms with Crippen LogP contribution in [-0.4, -0.2) is 23.1 Å². The summed E-state index contributed by atoms with van der Waals surface area (Å²) in [5, 5.41) is -0.359. The standard InChI is InChI=1S/C12H15ClF3N3/c1-2-8-3-5-19(6-4-8)10-7-9(12(14,15)16)17-11(13)18-10/h7-8H,2-6H2,1H3. The van der Waals surface area contributed by atoms with Gasteiger partial charge in [0.05, 0.1) is 0 Å². The van der Waals surface area contributed by atoms with Gasteiger partial charge in [0.1, 0.15) is 5.82 Å². The average Bonchev–Trinajstić information content (AvgIpc) is 2.37. The van der Waals surface area contributed by atoms with Gasteiger partial charge in [-0.2, -0.15) is 13.2 Å². The maximum atomic E-state index is 12.7. The van der Waals surface area contributed by atoms with Crippen LogP contribution in [0, 0.1) is 5.92 Å². The summed E-state index contributed by atoms with van der Waals surface area (Å²) in [6, 6.07) is 0.970. The Morgan fingerprint density at radius 1 is 1.32 bits per heavy atom. The van der Waals surface area contributed by atoms with Gasteiger partial charge in [0.2, 0.25) is 5.28 Å². The zero-order chi connectivity index (χ0) is 14.0. The highest BCUT2D eigenvalue weighted by Gasteiger charge is 2.34. The summed E-state index contributed by atoms with van der Waals surface area (Å²) in [4.78, 5) is 8.98. The fourth-order valence-corrected chi connectivity index (χ4v) is 2.46. The van der Waals surface area contributed by atoms with Crippen molar-refractivity contribution in [2.75, 3.05) is 18.0 Å². The highest BCUT2D eigenvalue weighted by molar-refractivity contribution is 6.28. The van der Waals surface area contributed by atoms with E-state index in [2.05, 4.69) is 16.9 Å². The summed E-state index contributed by atoms with van der Waals surface area (Å²) >= 11 is 5.58. The second-order valence-electron chi connectivity index (χ2n) is 4.72. The maximum Gasteiger partial charge on any atom is 0.433 e. The van der Waals surface area contributed by atoms with Gasteiger partial charge in [0.15, 0.2) is 5.69 Å². The Labute approximate surface area is 114 Å². The van der Waals surface area contributed by atoms with E-state index in [9.17, 15) is 13.2 Å². The van der Waals surface area contributed by atoms with E-state index in [1.165, 1.54) is 0 Å². The van der Waals surface area contributed by atoms with Crippen LogP contribution in [0.3, 0.4) is 0 Å². The van der Waals surface area contributed by atoms with Gasteiger partial charge in [-0.15, -0.1) is 0 Å². The summed E-state index contributed by atoms with van der Waals surface area (Å²) in [6.45, 7) is 3.55. The molecule has 0 saturated carbocycles. The number of nitrogens with zero attached hydrogens (tertiary/aromatic N) is 3. The minimum Gasteiger partial charge on any atom is -0.356 e. The van der Waals surface area contributed by atoms with Crippen molar-refractivity contribution in [1.29, 1.82) is 0 Å². The molecule has 1 saturated heterocycles. The lowest BCUT2D eigenvalue weighted by Crippen LogP contribution is -2.34. The van der Waals surface area contributed by atoms with Crippen LogP contribution in [0.4, 0.5) is 19.0 Å². The number of hydrogen-bond donors (Lipinski definition) is 0. The molecule has 0 radical (unpaired) electrons. The lowest BCUT2D eigenvalue weighted by atomic mass is 9.94. The molecule has 1 aromatic heterocycles. The Hall–Kier alpha value is -1.04. The van der Waals surface area contributed by atoms with E-state index >= 15 is 0 Å². The lowest BCUT2D eigenvalue weighted by molar-refractivity contribution is -0.141. The number of hydrogen-bond acceptors (Lipinski definition) is 3. The van der Waals surface area contributed by atoms with Crippen LogP contribution >= 0.6 is 11.6 Å². The van der Waals surface area contributed by atoms with Crippen LogP contribution in [0.2, 0.25) is 5.28 Å². The number of alkyl halides is 3. The second kappa shape index (κ2) is 5.53. The van der Waals surface area contributed by atoms with Crippen LogP contribution < -0.4 is 4.90 Å². The van der Waals surface area contributed by atoms with Crippen LogP contribution in [0.15, 0.2) is 6.07 Å². The highest BCUT2D eigenvalue weighted by Crippen LogP contribution is 2.31. The lowest BCUT2D eigenvalue weighted by Gasteiger charge is -2.32. The van der Waals surface area contributed by atoms with Gasteiger partial charge in [-0.1, -0.05) is 13.3 Å². The molecular formula is C12H15ClF3N3. The molecule has 0 aliphatic carbocycles. The first-order valence-electron chi connectivity index (χ1n) is 6.27. The van der Waals surface area contributed by atoms with Crippen LogP contribution in [0.25, 0.3) is 0 Å². The summed E-state index contributed by atoms with van der Waals surface area (Å²) in [5.74, 6) is 0.914. The molecule has 1 aromatic rings. The van der Waals surface area contributed by atoms with E-state index in [1.807, 2.05) is 4.90 Å². The van der Waals surface area contributed by atoms with Gasteiger partial charge in [-0.3, -0.25) is 0 Å². The van der Waals surface area contributed by atoms with Gasteiger partial charge in [0, 0.05) is 19.2 Å². The van der Waals surface area contributed by atoms with E-state index in [0.717, 1.165) is 25.3 Å². The first-order valence-corrected chi connectivity index (χ1v) is 6.64. The Balaban J connectivity index is 2.19. The molecule has 2 heterocycles. The van der Waals surface area contributed by atoms with Gasteiger partial charge >= 0.3 is 6.18 Å². The molecule has 0 bridgehead atoms. The SMILES string of the molecule is CCC1CCN(c2cc(C(F)(F)F)nc(Cl)n2)CC1. The van der Waals surface area contributed by atoms with E-state index in [-0.39, 0.29) is 11.1 Å². The summed E-state index contributed by atoms with van der Waals surface area (Å²) in [5.41, 5.74) is -0.986. The quantitative estimate of drug-likeness (QED) is 0.777. The molecule has 0 amide bonds. The van der Waals surface area contributed by atoms with Crippen molar-refractivity contribution in [3.05, 3.63) is 17.0 Å². The normalized spacial score (nSPS) is 17.8. The minimum absolute atomic E-state index is 0.266. The number of anilines is 1. The second-order valence-corrected chi connectivity index (χ2v) is 5.05. The van der Waals surface area contributed by atoms with Crippen molar-refractivity contribution in [3.8, 4) is 0 Å². The molecule has 0 unspecified atom stereocenters. The summed E-state index contributed by atoms with van der Waals surface area (Å²) in [6.07, 6.45) is -1.45. The molecule has 0 N–H and O–H groups in total. The van der Waals surface area contributed by atoms with E-state index in [1.54, 1.807) is 0 Å². The molecule has 19 heavy (non-hydrogen) atoms. The topological polar surface area (TPSA) is 29.0 Å². The number of aromatic nitrogens is 2. The summed E-state index contributed by atoms with van der Waals surface area (Å²) < 4.78 is 38.0. The fourth-order valence-electron chi connectivity index (χ4n) is 2.28. The van der Waals surface area contributed by atoms with Gasteiger partial charge in [0.25, 0.3) is 0 Å². The van der Waals surface area contributed by atoms with E-state index < -0.39 is 11.9 Å². The first-order chi connectivity index (χ1) is 8.90. The van der Waals surface area contributed by atoms with Crippen LogP contribution in [-0.2, 0) is 6.18 Å². The average molecular weight is 294 g/mol. The van der Waals surface area contributed by atoms with Crippen LogP contribution in [0.5, 0.6) is 0 Å². The summed E-state index contributed by atoms with van der Waals surface area (Å²) in [7, 11) is 0. The van der Waals surface area contributed by atoms with Crippen molar-refractivity contribution in [2.24, 2.45) is 5.92 Å². The number of piperidine rings is 1. The fraction of sp³-hybridized carbons (Fsp3) is 0.667. The molecule has 2 rings (SSSR count). The largest absolute Gasteiger partial charge is 0.433 e. The predicted octanol–water partition coefficient (Wildman–Crippen LogP) is 3.78. The first kappa shape index (κ1) is 14.4. The maximum absolute atomic E-state index is 12.7. The smallest absolute Gasteiger partial charge is 0.356 e. The zero-order valence-corrected chi connectivity index (χ0v) is 11.3.